The summed E-state index contributed by atoms with van der Waals surface area (Å²) in [6.07, 6.45) is 1.92. The summed E-state index contributed by atoms with van der Waals surface area (Å²) >= 11 is 0. The lowest BCUT2D eigenvalue weighted by Crippen LogP contribution is -2.33. The molecule has 0 bridgehead atoms. The second-order valence-electron chi connectivity index (χ2n) is 4.04. The van der Waals surface area contributed by atoms with E-state index in [1.165, 1.54) is 0 Å². The number of hydrogen-bond donors (Lipinski definition) is 3. The molecular formula is C12H14N4O2. The zero-order valence-corrected chi connectivity index (χ0v) is 9.92. The van der Waals surface area contributed by atoms with Gasteiger partial charge in [-0.3, -0.25) is 4.79 Å². The van der Waals surface area contributed by atoms with Gasteiger partial charge >= 0.3 is 5.97 Å². The normalized spacial score (nSPS) is 12.3. The molecule has 0 fully saturated rings. The first-order chi connectivity index (χ1) is 8.56. The minimum atomic E-state index is -1.05. The van der Waals surface area contributed by atoms with Crippen LogP contribution >= 0.6 is 0 Å². The second kappa shape index (κ2) is 4.97. The maximum Gasteiger partial charge on any atom is 0.320 e. The van der Waals surface area contributed by atoms with Crippen LogP contribution in [0.5, 0.6) is 0 Å². The Morgan fingerprint density at radius 1 is 1.56 bits per heavy atom. The predicted octanol–water partition coefficient (Wildman–Crippen LogP) is 0.735. The molecule has 2 rings (SSSR count). The molecule has 0 aliphatic carbocycles. The zero-order chi connectivity index (χ0) is 13.1. The SMILES string of the molecule is Cc1cc(-c2ccc[nH]2)nc(CC(N)C(=O)O)n1. The molecule has 0 saturated heterocycles. The fourth-order valence-corrected chi connectivity index (χ4v) is 1.63. The summed E-state index contributed by atoms with van der Waals surface area (Å²) in [5, 5.41) is 8.78. The molecule has 6 nitrogen and oxygen atoms in total. The van der Waals surface area contributed by atoms with Crippen molar-refractivity contribution in [3.63, 3.8) is 0 Å². The smallest absolute Gasteiger partial charge is 0.320 e. The van der Waals surface area contributed by atoms with Gasteiger partial charge in [0.2, 0.25) is 0 Å². The van der Waals surface area contributed by atoms with Gasteiger partial charge in [-0.05, 0) is 25.1 Å². The van der Waals surface area contributed by atoms with Crippen LogP contribution in [0, 0.1) is 6.92 Å². The van der Waals surface area contributed by atoms with E-state index >= 15 is 0 Å². The largest absolute Gasteiger partial charge is 0.480 e. The second-order valence-corrected chi connectivity index (χ2v) is 4.04. The van der Waals surface area contributed by atoms with Gasteiger partial charge in [0.15, 0.2) is 0 Å². The Kier molecular flexibility index (Phi) is 3.38. The first-order valence-electron chi connectivity index (χ1n) is 5.53. The zero-order valence-electron chi connectivity index (χ0n) is 9.92. The number of H-pyrrole nitrogens is 1. The van der Waals surface area contributed by atoms with Crippen LogP contribution in [0.2, 0.25) is 0 Å². The number of aryl methyl sites for hydroxylation is 1. The maximum absolute atomic E-state index is 10.7. The molecule has 6 heteroatoms. The number of nitrogens with one attached hydrogen (secondary N) is 1. The van der Waals surface area contributed by atoms with E-state index in [1.54, 1.807) is 6.20 Å². The molecule has 0 aliphatic rings. The Labute approximate surface area is 104 Å². The van der Waals surface area contributed by atoms with Gasteiger partial charge in [0, 0.05) is 18.3 Å². The molecule has 0 spiro atoms. The van der Waals surface area contributed by atoms with Crippen LogP contribution in [-0.2, 0) is 11.2 Å². The van der Waals surface area contributed by atoms with Crippen LogP contribution in [0.1, 0.15) is 11.5 Å². The highest BCUT2D eigenvalue weighted by Gasteiger charge is 2.15. The van der Waals surface area contributed by atoms with Crippen molar-refractivity contribution in [1.29, 1.82) is 0 Å². The van der Waals surface area contributed by atoms with Gasteiger partial charge in [-0.1, -0.05) is 0 Å². The number of hydrogen-bond acceptors (Lipinski definition) is 4. The third-order valence-corrected chi connectivity index (χ3v) is 2.49. The summed E-state index contributed by atoms with van der Waals surface area (Å²) in [6, 6.07) is 4.61. The molecule has 94 valence electrons. The monoisotopic (exact) mass is 246 g/mol. The minimum Gasteiger partial charge on any atom is -0.480 e. The molecule has 1 unspecified atom stereocenters. The van der Waals surface area contributed by atoms with Crippen LogP contribution in [0.15, 0.2) is 24.4 Å². The van der Waals surface area contributed by atoms with E-state index < -0.39 is 12.0 Å². The average Bonchev–Trinajstić information content (AvgIpc) is 2.81. The first kappa shape index (κ1) is 12.3. The molecule has 0 saturated carbocycles. The van der Waals surface area contributed by atoms with Crippen molar-refractivity contribution in [3.05, 3.63) is 35.9 Å². The summed E-state index contributed by atoms with van der Waals surface area (Å²) in [5.41, 5.74) is 7.86. The highest BCUT2D eigenvalue weighted by molar-refractivity contribution is 5.73. The molecule has 0 radical (unpaired) electrons. The van der Waals surface area contributed by atoms with E-state index in [-0.39, 0.29) is 6.42 Å². The van der Waals surface area contributed by atoms with E-state index in [0.29, 0.717) is 5.82 Å². The van der Waals surface area contributed by atoms with Crippen molar-refractivity contribution in [2.24, 2.45) is 5.73 Å². The molecule has 2 aromatic heterocycles. The number of rotatable bonds is 4. The van der Waals surface area contributed by atoms with Crippen LogP contribution in [0.3, 0.4) is 0 Å². The minimum absolute atomic E-state index is 0.116. The number of nitrogens with two attached hydrogens (primary N) is 1. The van der Waals surface area contributed by atoms with Gasteiger partial charge in [0.25, 0.3) is 0 Å². The van der Waals surface area contributed by atoms with E-state index in [1.807, 2.05) is 25.1 Å². The molecule has 2 heterocycles. The van der Waals surface area contributed by atoms with E-state index in [0.717, 1.165) is 17.1 Å². The number of aromatic amines is 1. The Hall–Kier alpha value is -2.21. The summed E-state index contributed by atoms with van der Waals surface area (Å²) in [5.74, 6) is -0.615. The van der Waals surface area contributed by atoms with Gasteiger partial charge in [-0.25, -0.2) is 9.97 Å². The molecule has 0 amide bonds. The Morgan fingerprint density at radius 3 is 2.94 bits per heavy atom. The number of nitrogens with zero attached hydrogens (tertiary/aromatic N) is 2. The van der Waals surface area contributed by atoms with Gasteiger partial charge in [-0.15, -0.1) is 0 Å². The van der Waals surface area contributed by atoms with Gasteiger partial charge in [-0.2, -0.15) is 0 Å². The molecular weight excluding hydrogens is 232 g/mol. The predicted molar refractivity (Wildman–Crippen MR) is 65.9 cm³/mol. The summed E-state index contributed by atoms with van der Waals surface area (Å²) in [6.45, 7) is 1.84. The lowest BCUT2D eigenvalue weighted by molar-refractivity contribution is -0.138. The molecule has 18 heavy (non-hydrogen) atoms. The molecule has 1 atom stereocenters. The number of carboxylic acid groups (broad SMARTS) is 1. The van der Waals surface area contributed by atoms with E-state index in [4.69, 9.17) is 10.8 Å². The third-order valence-electron chi connectivity index (χ3n) is 2.49. The Balaban J connectivity index is 2.30. The van der Waals surface area contributed by atoms with Crippen LogP contribution in [-0.4, -0.2) is 32.1 Å². The molecule has 0 aliphatic heterocycles. The van der Waals surface area contributed by atoms with Crippen LogP contribution < -0.4 is 5.73 Å². The van der Waals surface area contributed by atoms with Crippen molar-refractivity contribution < 1.29 is 9.90 Å². The van der Waals surface area contributed by atoms with Crippen molar-refractivity contribution in [3.8, 4) is 11.4 Å². The Morgan fingerprint density at radius 2 is 2.33 bits per heavy atom. The number of carbonyl (C=O) groups is 1. The lowest BCUT2D eigenvalue weighted by Gasteiger charge is -2.07. The first-order valence-corrected chi connectivity index (χ1v) is 5.53. The fraction of sp³-hybridized carbons (Fsp3) is 0.250. The van der Waals surface area contributed by atoms with Gasteiger partial charge in [0.1, 0.15) is 11.9 Å². The standard InChI is InChI=1S/C12H14N4O2/c1-7-5-10(9-3-2-4-14-9)16-11(15-7)6-8(13)12(17)18/h2-5,8,14H,6,13H2,1H3,(H,17,18). The summed E-state index contributed by atoms with van der Waals surface area (Å²) in [7, 11) is 0. The van der Waals surface area contributed by atoms with E-state index in [9.17, 15) is 4.79 Å². The summed E-state index contributed by atoms with van der Waals surface area (Å²) < 4.78 is 0. The van der Waals surface area contributed by atoms with E-state index in [2.05, 4.69) is 15.0 Å². The fourth-order valence-electron chi connectivity index (χ4n) is 1.63. The van der Waals surface area contributed by atoms with Crippen molar-refractivity contribution >= 4 is 5.97 Å². The number of aromatic nitrogens is 3. The lowest BCUT2D eigenvalue weighted by atomic mass is 10.2. The quantitative estimate of drug-likeness (QED) is 0.737. The van der Waals surface area contributed by atoms with Crippen molar-refractivity contribution in [1.82, 2.24) is 15.0 Å². The third kappa shape index (κ3) is 2.72. The topological polar surface area (TPSA) is 105 Å². The molecule has 2 aromatic rings. The highest BCUT2D eigenvalue weighted by atomic mass is 16.4. The molecule has 0 aromatic carbocycles. The highest BCUT2D eigenvalue weighted by Crippen LogP contribution is 2.15. The van der Waals surface area contributed by atoms with Gasteiger partial charge < -0.3 is 15.8 Å². The van der Waals surface area contributed by atoms with Crippen LogP contribution in [0.4, 0.5) is 0 Å². The average molecular weight is 246 g/mol. The molecule has 4 N–H and O–H groups in total. The Bertz CT molecular complexity index is 551. The van der Waals surface area contributed by atoms with Crippen LogP contribution in [0.25, 0.3) is 11.4 Å². The van der Waals surface area contributed by atoms with Crippen molar-refractivity contribution in [2.75, 3.05) is 0 Å². The maximum atomic E-state index is 10.7. The summed E-state index contributed by atoms with van der Waals surface area (Å²) in [4.78, 5) is 22.3. The number of aliphatic carboxylic acids is 1. The van der Waals surface area contributed by atoms with Gasteiger partial charge in [0.05, 0.1) is 11.4 Å². The van der Waals surface area contributed by atoms with Crippen molar-refractivity contribution in [2.45, 2.75) is 19.4 Å². The number of carboxylic acids is 1.